The molecule has 2 aliphatic carbocycles. The van der Waals surface area contributed by atoms with Crippen LogP contribution in [0, 0.1) is 21.7 Å². The van der Waals surface area contributed by atoms with Gasteiger partial charge in [0.1, 0.15) is 56.1 Å². The molecular formula is C101H110F8N8O16S4. The highest BCUT2D eigenvalue weighted by atomic mass is 32.2. The van der Waals surface area contributed by atoms with Crippen molar-refractivity contribution in [1.29, 1.82) is 0 Å². The molecule has 6 fully saturated rings. The van der Waals surface area contributed by atoms with Gasteiger partial charge in [0.2, 0.25) is 0 Å². The zero-order chi connectivity index (χ0) is 98.6. The van der Waals surface area contributed by atoms with E-state index < -0.39 is 82.0 Å². The number of sulfone groups is 4. The number of alkyl halides is 8. The lowest BCUT2D eigenvalue weighted by Gasteiger charge is -2.37. The smallest absolute Gasteiger partial charge is 0.387 e. The third kappa shape index (κ3) is 22.2. The van der Waals surface area contributed by atoms with Crippen LogP contribution in [-0.2, 0) is 39.3 Å². The first-order chi connectivity index (χ1) is 64.6. The van der Waals surface area contributed by atoms with Gasteiger partial charge in [-0.2, -0.15) is 35.1 Å². The molecule has 0 spiro atoms. The van der Waals surface area contributed by atoms with Gasteiger partial charge in [-0.1, -0.05) is 91.1 Å². The summed E-state index contributed by atoms with van der Waals surface area (Å²) in [6, 6.07) is 47.9. The first-order valence-corrected chi connectivity index (χ1v) is 52.7. The van der Waals surface area contributed by atoms with Crippen molar-refractivity contribution in [3.05, 3.63) is 242 Å². The Bertz CT molecular complexity index is 6550. The van der Waals surface area contributed by atoms with Crippen LogP contribution in [0.25, 0.3) is 0 Å². The summed E-state index contributed by atoms with van der Waals surface area (Å²) in [6.07, 6.45) is 10.0. The number of carbonyl (C=O) groups is 4. The molecule has 2 atom stereocenters. The van der Waals surface area contributed by atoms with E-state index in [4.69, 9.17) is 0 Å². The van der Waals surface area contributed by atoms with Crippen molar-refractivity contribution in [2.24, 2.45) is 21.7 Å². The fourth-order valence-corrected chi connectivity index (χ4v) is 28.9. The minimum absolute atomic E-state index is 0.0272. The van der Waals surface area contributed by atoms with E-state index in [1.165, 1.54) is 36.4 Å². The number of ether oxygens (including phenoxy) is 4. The van der Waals surface area contributed by atoms with Crippen molar-refractivity contribution in [1.82, 2.24) is 0 Å². The number of anilines is 12. The second-order valence-electron chi connectivity index (χ2n) is 38.1. The Morgan fingerprint density at radius 1 is 0.328 bits per heavy atom. The zero-order valence-corrected chi connectivity index (χ0v) is 80.2. The molecular weight excluding hydrogens is 1860 g/mol. The average Bonchev–Trinajstić information content (AvgIpc) is 1.52. The standard InChI is InChI=1S/C27H30F2N2O4S.C26H28F2N2O4S.C25H28F2N2O4S.C23H24F2N2O4S/c1-18-30(20-6-3-4-7-20)24-14-19(25(32)16-27(2)12-13-36(33,34)17-27)10-11-23(24)31(18)21-8-5-9-22(15-21)35-26(28)29;1-17-29(19-5-3-6-19)23-13-18(24(31)15-26(2)11-12-35(32,33)16-26)9-10-22(23)30(17)20-7-4-8-21(14-20)34-25(27)28;1-4-28-17(2)29(19-6-5-7-20(15-19)33-24(26)27)21-9-8-18(14-22(21)28)23(30)16-25(3)10-12-34(31,32)13-11-25;1-4-26-15(2)27(17-6-5-7-18(11-17)31-22(24)25)19-9-8-16(10-20(19)26)21(28)12-23(3)13-32(29,30)14-23/h5,8-11,14-15,20,26H,1,3-4,6-7,12-13,16-17H2,2H3;4,7-10,13-14,19,25H,1,3,5-6,11-12,15-16H2,2H3;5-9,14-15,24H,2,4,10-13,16H2,1,3H3;5-11,22H,2,4,12-14H2,1,3H3/t27-;26-;;/m00../s1. The van der Waals surface area contributed by atoms with Crippen molar-refractivity contribution in [3.8, 4) is 23.0 Å². The van der Waals surface area contributed by atoms with E-state index in [0.29, 0.717) is 107 Å². The number of carbonyl (C=O) groups excluding carboxylic acids is 4. The van der Waals surface area contributed by atoms with Gasteiger partial charge in [0.25, 0.3) is 0 Å². The van der Waals surface area contributed by atoms with E-state index >= 15 is 0 Å². The molecule has 4 saturated heterocycles. The molecule has 0 N–H and O–H groups in total. The molecule has 0 radical (unpaired) electrons. The minimum atomic E-state index is -3.10. The van der Waals surface area contributed by atoms with Gasteiger partial charge in [0.15, 0.2) is 52.6 Å². The van der Waals surface area contributed by atoms with Gasteiger partial charge in [-0.05, 0) is 209 Å². The molecule has 8 aliphatic heterocycles. The van der Waals surface area contributed by atoms with Crippen molar-refractivity contribution >= 4 is 131 Å². The Labute approximate surface area is 793 Å². The number of ketones is 4. The molecule has 8 aromatic rings. The molecule has 8 aromatic carbocycles. The molecule has 0 amide bonds. The number of hydrogen-bond acceptors (Lipinski definition) is 24. The first kappa shape index (κ1) is 99.7. The quantitative estimate of drug-likeness (QED) is 0.0326. The summed E-state index contributed by atoms with van der Waals surface area (Å²) in [6.45, 7) is 17.9. The maximum Gasteiger partial charge on any atom is 0.387 e. The predicted octanol–water partition coefficient (Wildman–Crippen LogP) is 22.0. The van der Waals surface area contributed by atoms with Gasteiger partial charge >= 0.3 is 26.4 Å². The van der Waals surface area contributed by atoms with Crippen LogP contribution in [0.2, 0.25) is 0 Å². The molecule has 0 unspecified atom stereocenters. The summed E-state index contributed by atoms with van der Waals surface area (Å²) in [4.78, 5) is 68.2. The minimum Gasteiger partial charge on any atom is -0.435 e. The van der Waals surface area contributed by atoms with E-state index in [2.05, 4.69) is 55.1 Å². The topological polar surface area (TPSA) is 268 Å². The summed E-state index contributed by atoms with van der Waals surface area (Å²) >= 11 is 0. The molecule has 8 heterocycles. The predicted molar refractivity (Wildman–Crippen MR) is 515 cm³/mol. The number of fused-ring (bicyclic) bond motifs is 4. The fraction of sp³-hybridized carbons (Fsp3) is 0.406. The molecule has 137 heavy (non-hydrogen) atoms. The summed E-state index contributed by atoms with van der Waals surface area (Å²) in [5.74, 6) is 3.15. The second-order valence-corrected chi connectivity index (χ2v) is 46.8. The molecule has 18 rings (SSSR count). The highest BCUT2D eigenvalue weighted by molar-refractivity contribution is 7.93. The largest absolute Gasteiger partial charge is 0.435 e. The van der Waals surface area contributed by atoms with Gasteiger partial charge in [0, 0.05) is 103 Å². The second kappa shape index (κ2) is 39.3. The van der Waals surface area contributed by atoms with Crippen molar-refractivity contribution in [3.63, 3.8) is 0 Å². The van der Waals surface area contributed by atoms with Crippen LogP contribution >= 0.6 is 0 Å². The summed E-state index contributed by atoms with van der Waals surface area (Å²) in [5.41, 5.74) is 9.08. The number of hydrogen-bond donors (Lipinski definition) is 0. The van der Waals surface area contributed by atoms with Crippen LogP contribution in [-0.4, -0.2) is 154 Å². The molecule has 0 aromatic heterocycles. The summed E-state index contributed by atoms with van der Waals surface area (Å²) in [5, 5.41) is 0. The number of benzene rings is 8. The molecule has 10 aliphatic rings. The fourth-order valence-electron chi connectivity index (χ4n) is 20.3. The highest BCUT2D eigenvalue weighted by Crippen LogP contribution is 2.55. The Kier molecular flexibility index (Phi) is 28.6. The molecule has 730 valence electrons. The maximum atomic E-state index is 13.3. The zero-order valence-electron chi connectivity index (χ0n) is 76.9. The van der Waals surface area contributed by atoms with Crippen LogP contribution in [0.4, 0.5) is 103 Å². The van der Waals surface area contributed by atoms with Crippen LogP contribution in [0.15, 0.2) is 219 Å². The lowest BCUT2D eigenvalue weighted by molar-refractivity contribution is -0.0505. The van der Waals surface area contributed by atoms with Crippen LogP contribution in [0.1, 0.15) is 179 Å². The first-order valence-electron chi connectivity index (χ1n) is 45.4. The van der Waals surface area contributed by atoms with Crippen LogP contribution in [0.5, 0.6) is 23.0 Å². The van der Waals surface area contributed by atoms with Crippen LogP contribution < -0.4 is 58.1 Å². The third-order valence-corrected chi connectivity index (χ3v) is 35.0. The molecule has 36 heteroatoms. The Morgan fingerprint density at radius 2 is 0.591 bits per heavy atom. The highest BCUT2D eigenvalue weighted by Gasteiger charge is 2.49. The van der Waals surface area contributed by atoms with Gasteiger partial charge < -0.3 is 38.5 Å². The van der Waals surface area contributed by atoms with Crippen molar-refractivity contribution < 1.29 is 107 Å². The number of halogens is 8. The van der Waals surface area contributed by atoms with E-state index in [-0.39, 0.29) is 135 Å². The molecule has 24 nitrogen and oxygen atoms in total. The number of Topliss-reactive ketones (excluding diaryl/α,β-unsaturated/α-hetero) is 4. The summed E-state index contributed by atoms with van der Waals surface area (Å²) < 4.78 is 215. The van der Waals surface area contributed by atoms with E-state index in [9.17, 15) is 88.0 Å². The van der Waals surface area contributed by atoms with Crippen LogP contribution in [0.3, 0.4) is 0 Å². The van der Waals surface area contributed by atoms with Crippen molar-refractivity contribution in [2.45, 2.75) is 176 Å². The molecule has 0 bridgehead atoms. The Morgan fingerprint density at radius 3 is 0.869 bits per heavy atom. The average molecular weight is 1970 g/mol. The number of nitrogens with zero attached hydrogens (tertiary/aromatic N) is 8. The van der Waals surface area contributed by atoms with Crippen molar-refractivity contribution in [2.75, 3.05) is 98.3 Å². The Hall–Kier alpha value is -11.8. The van der Waals surface area contributed by atoms with E-state index in [1.54, 1.807) is 91.0 Å². The third-order valence-electron chi connectivity index (χ3n) is 27.1. The monoisotopic (exact) mass is 1970 g/mol. The molecule has 2 saturated carbocycles. The lowest BCUT2D eigenvalue weighted by Crippen LogP contribution is -2.47. The summed E-state index contributed by atoms with van der Waals surface area (Å²) in [7, 11) is -12.2. The number of rotatable bonds is 28. The normalized spacial score (nSPS) is 21.2. The SMILES string of the molecule is C=C1N(CC)c2cc(C(=O)CC3(C)CCS(=O)(=O)CC3)ccc2N1c1cccc(OC(F)F)c1.C=C1N(CC)c2cc(C(=O)CC3(C)CS(=O)(=O)C3)ccc2N1c1cccc(OC(F)F)c1.C=C1N(c2cccc(OC(F)F)c2)c2ccc(C(=O)C[C@]3(C)CCS(=O)(=O)C3)cc2N1C1CCC1.C=C1N(c2cccc(OC(F)F)c2)c2ccc(C(=O)C[C@]3(C)CCS(=O)(=O)C3)cc2N1C1CCCC1. The van der Waals surface area contributed by atoms with Gasteiger partial charge in [-0.15, -0.1) is 0 Å². The lowest BCUT2D eigenvalue weighted by atomic mass is 9.78. The van der Waals surface area contributed by atoms with E-state index in [0.717, 1.165) is 90.4 Å². The van der Waals surface area contributed by atoms with E-state index in [1.807, 2.05) is 113 Å². The van der Waals surface area contributed by atoms with Gasteiger partial charge in [-0.25, -0.2) is 33.7 Å². The van der Waals surface area contributed by atoms with Gasteiger partial charge in [0.05, 0.1) is 114 Å². The maximum absolute atomic E-state index is 13.3. The van der Waals surface area contributed by atoms with Gasteiger partial charge in [-0.3, -0.25) is 38.8 Å². The Balaban J connectivity index is 0.000000139.